The van der Waals surface area contributed by atoms with Gasteiger partial charge in [-0.1, -0.05) is 0 Å². The van der Waals surface area contributed by atoms with E-state index in [9.17, 15) is 4.79 Å². The molecule has 16 heavy (non-hydrogen) atoms. The fraction of sp³-hybridized carbons (Fsp3) is 0.545. The van der Waals surface area contributed by atoms with Crippen LogP contribution in [0.3, 0.4) is 0 Å². The number of aromatic nitrogens is 2. The van der Waals surface area contributed by atoms with Gasteiger partial charge < -0.3 is 10.1 Å². The van der Waals surface area contributed by atoms with Gasteiger partial charge in [0.15, 0.2) is 0 Å². The molecule has 0 bridgehead atoms. The number of esters is 1. The van der Waals surface area contributed by atoms with Gasteiger partial charge in [-0.3, -0.25) is 4.79 Å². The molecule has 5 nitrogen and oxygen atoms in total. The van der Waals surface area contributed by atoms with Crippen molar-refractivity contribution >= 4 is 5.97 Å². The normalized spacial score (nSPS) is 10.1. The van der Waals surface area contributed by atoms with Crippen LogP contribution in [0, 0.1) is 0 Å². The van der Waals surface area contributed by atoms with Crippen molar-refractivity contribution in [1.29, 1.82) is 0 Å². The van der Waals surface area contributed by atoms with E-state index in [0.717, 1.165) is 25.1 Å². The predicted octanol–water partition coefficient (Wildman–Crippen LogP) is 0.909. The highest BCUT2D eigenvalue weighted by molar-refractivity contribution is 5.69. The molecule has 0 unspecified atom stereocenters. The van der Waals surface area contributed by atoms with Crippen LogP contribution in [0.5, 0.6) is 0 Å². The van der Waals surface area contributed by atoms with Crippen molar-refractivity contribution in [2.24, 2.45) is 0 Å². The van der Waals surface area contributed by atoms with Crippen LogP contribution in [0.2, 0.25) is 0 Å². The minimum Gasteiger partial charge on any atom is -0.466 e. The molecule has 88 valence electrons. The molecule has 1 aromatic heterocycles. The highest BCUT2D eigenvalue weighted by Gasteiger charge is 2.00. The highest BCUT2D eigenvalue weighted by Crippen LogP contribution is 1.94. The number of hydrogen-bond donors (Lipinski definition) is 1. The summed E-state index contributed by atoms with van der Waals surface area (Å²) in [5.41, 5.74) is 1.04. The van der Waals surface area contributed by atoms with E-state index in [4.69, 9.17) is 4.74 Å². The third-order valence-corrected chi connectivity index (χ3v) is 1.98. The molecular weight excluding hydrogens is 206 g/mol. The average molecular weight is 223 g/mol. The number of rotatable bonds is 7. The molecule has 0 saturated heterocycles. The van der Waals surface area contributed by atoms with Gasteiger partial charge in [-0.25, -0.2) is 9.97 Å². The number of carbonyl (C=O) groups excluding carboxylic acids is 1. The molecule has 0 aliphatic heterocycles. The second-order valence-corrected chi connectivity index (χ2v) is 3.33. The topological polar surface area (TPSA) is 64.1 Å². The summed E-state index contributed by atoms with van der Waals surface area (Å²) in [6, 6.07) is 0. The fourth-order valence-electron chi connectivity index (χ4n) is 1.24. The second kappa shape index (κ2) is 7.76. The van der Waals surface area contributed by atoms with Crippen LogP contribution in [-0.2, 0) is 16.1 Å². The number of ether oxygens (including phenoxy) is 1. The van der Waals surface area contributed by atoms with Gasteiger partial charge in [-0.15, -0.1) is 0 Å². The summed E-state index contributed by atoms with van der Waals surface area (Å²) in [5.74, 6) is -0.132. The van der Waals surface area contributed by atoms with E-state index < -0.39 is 0 Å². The molecule has 0 fully saturated rings. The standard InChI is InChI=1S/C11H17N3O2/c1-2-16-11(15)4-3-5-12-6-10-7-13-9-14-8-10/h7-9,12H,2-6H2,1H3. The van der Waals surface area contributed by atoms with Gasteiger partial charge in [0, 0.05) is 30.9 Å². The van der Waals surface area contributed by atoms with Crippen LogP contribution in [0.15, 0.2) is 18.7 Å². The summed E-state index contributed by atoms with van der Waals surface area (Å²) in [6.07, 6.45) is 6.29. The monoisotopic (exact) mass is 223 g/mol. The molecule has 1 rings (SSSR count). The molecule has 0 aliphatic rings. The van der Waals surface area contributed by atoms with Crippen LogP contribution < -0.4 is 5.32 Å². The van der Waals surface area contributed by atoms with Crippen LogP contribution in [0.25, 0.3) is 0 Å². The zero-order chi connectivity index (χ0) is 11.6. The van der Waals surface area contributed by atoms with Gasteiger partial charge in [-0.05, 0) is 19.9 Å². The summed E-state index contributed by atoms with van der Waals surface area (Å²) in [6.45, 7) is 3.77. The third-order valence-electron chi connectivity index (χ3n) is 1.98. The lowest BCUT2D eigenvalue weighted by Crippen LogP contribution is -2.16. The summed E-state index contributed by atoms with van der Waals surface area (Å²) in [4.78, 5) is 18.8. The van der Waals surface area contributed by atoms with E-state index in [1.165, 1.54) is 6.33 Å². The highest BCUT2D eigenvalue weighted by atomic mass is 16.5. The van der Waals surface area contributed by atoms with Crippen molar-refractivity contribution in [2.75, 3.05) is 13.2 Å². The van der Waals surface area contributed by atoms with Crippen LogP contribution in [-0.4, -0.2) is 29.1 Å². The van der Waals surface area contributed by atoms with Crippen molar-refractivity contribution in [3.05, 3.63) is 24.3 Å². The van der Waals surface area contributed by atoms with Gasteiger partial charge in [-0.2, -0.15) is 0 Å². The molecule has 1 aromatic rings. The maximum atomic E-state index is 11.0. The van der Waals surface area contributed by atoms with Gasteiger partial charge in [0.25, 0.3) is 0 Å². The largest absolute Gasteiger partial charge is 0.466 e. The van der Waals surface area contributed by atoms with E-state index in [1.54, 1.807) is 12.4 Å². The lowest BCUT2D eigenvalue weighted by atomic mass is 10.3. The molecular formula is C11H17N3O2. The Balaban J connectivity index is 2.02. The van der Waals surface area contributed by atoms with E-state index in [1.807, 2.05) is 6.92 Å². The zero-order valence-corrected chi connectivity index (χ0v) is 9.48. The Morgan fingerprint density at radius 3 is 2.88 bits per heavy atom. The average Bonchev–Trinajstić information content (AvgIpc) is 2.30. The first-order valence-corrected chi connectivity index (χ1v) is 5.43. The Kier molecular flexibility index (Phi) is 6.10. The van der Waals surface area contributed by atoms with Gasteiger partial charge in [0.05, 0.1) is 6.61 Å². The second-order valence-electron chi connectivity index (χ2n) is 3.33. The Labute approximate surface area is 95.3 Å². The summed E-state index contributed by atoms with van der Waals surface area (Å²) < 4.78 is 4.82. The summed E-state index contributed by atoms with van der Waals surface area (Å²) >= 11 is 0. The first kappa shape index (κ1) is 12.6. The van der Waals surface area contributed by atoms with Crippen LogP contribution >= 0.6 is 0 Å². The van der Waals surface area contributed by atoms with Crippen molar-refractivity contribution in [3.8, 4) is 0 Å². The Hall–Kier alpha value is -1.49. The first-order chi connectivity index (χ1) is 7.83. The SMILES string of the molecule is CCOC(=O)CCCNCc1cncnc1. The quantitative estimate of drug-likeness (QED) is 0.550. The van der Waals surface area contributed by atoms with Crippen LogP contribution in [0.1, 0.15) is 25.3 Å². The van der Waals surface area contributed by atoms with Gasteiger partial charge in [0.1, 0.15) is 6.33 Å². The Bertz CT molecular complexity index is 303. The minimum atomic E-state index is -0.132. The van der Waals surface area contributed by atoms with E-state index in [2.05, 4.69) is 15.3 Å². The molecule has 0 atom stereocenters. The van der Waals surface area contributed by atoms with Crippen molar-refractivity contribution in [1.82, 2.24) is 15.3 Å². The molecule has 1 heterocycles. The molecule has 0 spiro atoms. The van der Waals surface area contributed by atoms with E-state index >= 15 is 0 Å². The number of hydrogen-bond acceptors (Lipinski definition) is 5. The molecule has 0 aliphatic carbocycles. The van der Waals surface area contributed by atoms with Crippen molar-refractivity contribution in [2.45, 2.75) is 26.3 Å². The Morgan fingerprint density at radius 2 is 2.19 bits per heavy atom. The molecule has 0 aromatic carbocycles. The minimum absolute atomic E-state index is 0.132. The lowest BCUT2D eigenvalue weighted by molar-refractivity contribution is -0.143. The van der Waals surface area contributed by atoms with Crippen molar-refractivity contribution < 1.29 is 9.53 Å². The van der Waals surface area contributed by atoms with E-state index in [0.29, 0.717) is 13.0 Å². The molecule has 0 radical (unpaired) electrons. The van der Waals surface area contributed by atoms with Crippen LogP contribution in [0.4, 0.5) is 0 Å². The number of nitrogens with zero attached hydrogens (tertiary/aromatic N) is 2. The number of carbonyl (C=O) groups is 1. The fourth-order valence-corrected chi connectivity index (χ4v) is 1.24. The van der Waals surface area contributed by atoms with Crippen molar-refractivity contribution in [3.63, 3.8) is 0 Å². The third kappa shape index (κ3) is 5.41. The zero-order valence-electron chi connectivity index (χ0n) is 9.48. The molecule has 0 saturated carbocycles. The molecule has 5 heteroatoms. The summed E-state index contributed by atoms with van der Waals surface area (Å²) in [7, 11) is 0. The lowest BCUT2D eigenvalue weighted by Gasteiger charge is -2.04. The molecule has 1 N–H and O–H groups in total. The Morgan fingerprint density at radius 1 is 1.44 bits per heavy atom. The molecule has 0 amide bonds. The number of nitrogens with one attached hydrogen (secondary N) is 1. The predicted molar refractivity (Wildman–Crippen MR) is 59.6 cm³/mol. The maximum absolute atomic E-state index is 11.0. The summed E-state index contributed by atoms with van der Waals surface area (Å²) in [5, 5.41) is 3.21. The van der Waals surface area contributed by atoms with E-state index in [-0.39, 0.29) is 5.97 Å². The maximum Gasteiger partial charge on any atom is 0.305 e. The smallest absolute Gasteiger partial charge is 0.305 e. The first-order valence-electron chi connectivity index (χ1n) is 5.43. The van der Waals surface area contributed by atoms with Gasteiger partial charge >= 0.3 is 5.97 Å². The van der Waals surface area contributed by atoms with Gasteiger partial charge in [0.2, 0.25) is 0 Å².